The van der Waals surface area contributed by atoms with Gasteiger partial charge in [-0.25, -0.2) is 10.2 Å². The number of rotatable bonds is 6. The summed E-state index contributed by atoms with van der Waals surface area (Å²) in [5.74, 6) is 0.730. The molecular weight excluding hydrogens is 232 g/mol. The van der Waals surface area contributed by atoms with Gasteiger partial charge in [-0.05, 0) is 36.2 Å². The van der Waals surface area contributed by atoms with Crippen molar-refractivity contribution in [1.29, 1.82) is 5.26 Å². The number of ether oxygens (including phenoxy) is 1. The van der Waals surface area contributed by atoms with E-state index in [0.717, 1.165) is 11.3 Å². The van der Waals surface area contributed by atoms with Crippen LogP contribution in [0, 0.1) is 11.3 Å². The summed E-state index contributed by atoms with van der Waals surface area (Å²) in [7, 11) is 0. The van der Waals surface area contributed by atoms with Crippen LogP contribution in [0.15, 0.2) is 29.4 Å². The lowest BCUT2D eigenvalue weighted by atomic mass is 10.2. The molecule has 0 aliphatic carbocycles. The first-order chi connectivity index (χ1) is 8.72. The second kappa shape index (κ2) is 7.68. The number of urea groups is 1. The van der Waals surface area contributed by atoms with Crippen LogP contribution in [0.3, 0.4) is 0 Å². The lowest BCUT2D eigenvalue weighted by Gasteiger charge is -2.04. The predicted molar refractivity (Wildman–Crippen MR) is 67.1 cm³/mol. The Hall–Kier alpha value is -2.55. The monoisotopic (exact) mass is 246 g/mol. The Morgan fingerprint density at radius 2 is 2.22 bits per heavy atom. The second-order valence-corrected chi connectivity index (χ2v) is 3.41. The van der Waals surface area contributed by atoms with E-state index in [-0.39, 0.29) is 0 Å². The molecule has 18 heavy (non-hydrogen) atoms. The summed E-state index contributed by atoms with van der Waals surface area (Å²) in [6, 6.07) is 8.52. The molecule has 0 radical (unpaired) electrons. The molecule has 1 aromatic rings. The summed E-state index contributed by atoms with van der Waals surface area (Å²) in [5, 5.41) is 12.0. The van der Waals surface area contributed by atoms with E-state index < -0.39 is 6.03 Å². The van der Waals surface area contributed by atoms with Crippen molar-refractivity contribution in [2.75, 3.05) is 6.61 Å². The van der Waals surface area contributed by atoms with Crippen molar-refractivity contribution in [3.05, 3.63) is 29.8 Å². The van der Waals surface area contributed by atoms with Crippen LogP contribution >= 0.6 is 0 Å². The van der Waals surface area contributed by atoms with Gasteiger partial charge in [0.05, 0.1) is 18.9 Å². The maximum absolute atomic E-state index is 10.4. The van der Waals surface area contributed by atoms with Crippen LogP contribution in [0.25, 0.3) is 0 Å². The highest BCUT2D eigenvalue weighted by molar-refractivity contribution is 5.81. The molecule has 0 bridgehead atoms. The van der Waals surface area contributed by atoms with Gasteiger partial charge in [0, 0.05) is 6.42 Å². The molecule has 6 nitrogen and oxygen atoms in total. The molecule has 2 amide bonds. The number of hydrazone groups is 1. The number of carbonyl (C=O) groups is 1. The molecule has 0 fully saturated rings. The molecule has 0 atom stereocenters. The van der Waals surface area contributed by atoms with Gasteiger partial charge in [0.1, 0.15) is 5.75 Å². The Labute approximate surface area is 105 Å². The molecule has 0 spiro atoms. The summed E-state index contributed by atoms with van der Waals surface area (Å²) in [5.41, 5.74) is 7.77. The maximum atomic E-state index is 10.4. The van der Waals surface area contributed by atoms with Crippen LogP contribution < -0.4 is 15.9 Å². The van der Waals surface area contributed by atoms with E-state index in [1.807, 2.05) is 0 Å². The van der Waals surface area contributed by atoms with Crippen molar-refractivity contribution < 1.29 is 9.53 Å². The van der Waals surface area contributed by atoms with Gasteiger partial charge in [0.15, 0.2) is 0 Å². The minimum absolute atomic E-state index is 0.490. The van der Waals surface area contributed by atoms with E-state index in [2.05, 4.69) is 16.6 Å². The fraction of sp³-hybridized carbons (Fsp3) is 0.250. The average Bonchev–Trinajstić information content (AvgIpc) is 2.36. The topological polar surface area (TPSA) is 100 Å². The number of amides is 2. The van der Waals surface area contributed by atoms with Gasteiger partial charge in [-0.1, -0.05) is 0 Å². The maximum Gasteiger partial charge on any atom is 0.332 e. The lowest BCUT2D eigenvalue weighted by Crippen LogP contribution is -2.24. The summed E-state index contributed by atoms with van der Waals surface area (Å²) in [6.45, 7) is 0.518. The Morgan fingerprint density at radius 1 is 1.50 bits per heavy atom. The molecule has 0 aliphatic heterocycles. The summed E-state index contributed by atoms with van der Waals surface area (Å²) in [6.07, 6.45) is 2.68. The van der Waals surface area contributed by atoms with Gasteiger partial charge in [0.2, 0.25) is 0 Å². The standard InChI is InChI=1S/C12H14N4O2/c13-7-1-2-8-18-11-5-3-10(4-6-11)9-15-16-12(14)17/h3-6,9H,1-2,8H2,(H3,14,16,17). The normalized spacial score (nSPS) is 9.94. The fourth-order valence-corrected chi connectivity index (χ4v) is 1.16. The van der Waals surface area contributed by atoms with Crippen molar-refractivity contribution in [3.8, 4) is 11.8 Å². The average molecular weight is 246 g/mol. The van der Waals surface area contributed by atoms with Crippen molar-refractivity contribution >= 4 is 12.2 Å². The Bertz CT molecular complexity index is 448. The van der Waals surface area contributed by atoms with Gasteiger partial charge in [-0.2, -0.15) is 10.4 Å². The van der Waals surface area contributed by atoms with E-state index >= 15 is 0 Å². The second-order valence-electron chi connectivity index (χ2n) is 3.41. The molecule has 94 valence electrons. The van der Waals surface area contributed by atoms with Crippen molar-refractivity contribution in [2.24, 2.45) is 10.8 Å². The first-order valence-electron chi connectivity index (χ1n) is 5.40. The van der Waals surface area contributed by atoms with E-state index in [1.165, 1.54) is 6.21 Å². The van der Waals surface area contributed by atoms with Crippen molar-refractivity contribution in [1.82, 2.24) is 5.43 Å². The van der Waals surface area contributed by atoms with Gasteiger partial charge < -0.3 is 10.5 Å². The van der Waals surface area contributed by atoms with Gasteiger partial charge in [0.25, 0.3) is 0 Å². The molecule has 1 rings (SSSR count). The number of carbonyl (C=O) groups excluding carboxylic acids is 1. The molecule has 0 unspecified atom stereocenters. The number of nitrogens with two attached hydrogens (primary N) is 1. The third kappa shape index (κ3) is 5.51. The van der Waals surface area contributed by atoms with E-state index in [0.29, 0.717) is 19.4 Å². The predicted octanol–water partition coefficient (Wildman–Crippen LogP) is 1.37. The first kappa shape index (κ1) is 13.5. The highest BCUT2D eigenvalue weighted by Crippen LogP contribution is 2.11. The Kier molecular flexibility index (Phi) is 5.77. The minimum Gasteiger partial charge on any atom is -0.494 e. The molecule has 0 heterocycles. The minimum atomic E-state index is -0.705. The summed E-state index contributed by atoms with van der Waals surface area (Å²) in [4.78, 5) is 10.4. The zero-order valence-corrected chi connectivity index (χ0v) is 9.80. The van der Waals surface area contributed by atoms with Crippen molar-refractivity contribution in [2.45, 2.75) is 12.8 Å². The zero-order chi connectivity index (χ0) is 13.2. The third-order valence-electron chi connectivity index (χ3n) is 1.97. The number of benzene rings is 1. The molecule has 0 aliphatic rings. The number of nitriles is 1. The number of nitrogens with one attached hydrogen (secondary N) is 1. The molecule has 0 saturated heterocycles. The number of hydrogen-bond donors (Lipinski definition) is 2. The molecular formula is C12H14N4O2. The van der Waals surface area contributed by atoms with E-state index in [9.17, 15) is 4.79 Å². The number of nitrogens with zero attached hydrogens (tertiary/aromatic N) is 2. The SMILES string of the molecule is N#CCCCOc1ccc(C=NNC(N)=O)cc1. The van der Waals surface area contributed by atoms with Gasteiger partial charge >= 0.3 is 6.03 Å². The number of primary amides is 1. The van der Waals surface area contributed by atoms with Crippen LogP contribution in [0.1, 0.15) is 18.4 Å². The molecule has 6 heteroatoms. The third-order valence-corrected chi connectivity index (χ3v) is 1.97. The van der Waals surface area contributed by atoms with E-state index in [1.54, 1.807) is 24.3 Å². The van der Waals surface area contributed by atoms with Crippen molar-refractivity contribution in [3.63, 3.8) is 0 Å². The van der Waals surface area contributed by atoms with E-state index in [4.69, 9.17) is 15.7 Å². The van der Waals surface area contributed by atoms with Crippen LogP contribution in [0.2, 0.25) is 0 Å². The van der Waals surface area contributed by atoms with Crippen LogP contribution in [0.5, 0.6) is 5.75 Å². The highest BCUT2D eigenvalue weighted by Gasteiger charge is 1.94. The fourth-order valence-electron chi connectivity index (χ4n) is 1.16. The Morgan fingerprint density at radius 3 is 2.83 bits per heavy atom. The quantitative estimate of drug-likeness (QED) is 0.450. The number of unbranched alkanes of at least 4 members (excludes halogenated alkanes) is 1. The molecule has 1 aromatic carbocycles. The molecule has 0 aromatic heterocycles. The van der Waals surface area contributed by atoms with Gasteiger partial charge in [-0.3, -0.25) is 0 Å². The van der Waals surface area contributed by atoms with Crippen LogP contribution in [0.4, 0.5) is 4.79 Å². The highest BCUT2D eigenvalue weighted by atomic mass is 16.5. The van der Waals surface area contributed by atoms with Crippen LogP contribution in [-0.2, 0) is 0 Å². The van der Waals surface area contributed by atoms with Gasteiger partial charge in [-0.15, -0.1) is 0 Å². The largest absolute Gasteiger partial charge is 0.494 e. The first-order valence-corrected chi connectivity index (χ1v) is 5.40. The smallest absolute Gasteiger partial charge is 0.332 e. The molecule has 3 N–H and O–H groups in total. The molecule has 0 saturated carbocycles. The number of hydrogen-bond acceptors (Lipinski definition) is 4. The van der Waals surface area contributed by atoms with Crippen LogP contribution in [-0.4, -0.2) is 18.9 Å². The zero-order valence-electron chi connectivity index (χ0n) is 9.80. The summed E-state index contributed by atoms with van der Waals surface area (Å²) >= 11 is 0. The Balaban J connectivity index is 2.40. The lowest BCUT2D eigenvalue weighted by molar-refractivity contribution is 0.249. The summed E-state index contributed by atoms with van der Waals surface area (Å²) < 4.78 is 5.42.